The Labute approximate surface area is 106 Å². The molecule has 3 rings (SSSR count). The molecule has 1 aliphatic heterocycles. The number of nitrogens with zero attached hydrogens (tertiary/aromatic N) is 2. The van der Waals surface area contributed by atoms with Gasteiger partial charge in [-0.25, -0.2) is 4.98 Å². The van der Waals surface area contributed by atoms with Gasteiger partial charge in [0.15, 0.2) is 5.13 Å². The van der Waals surface area contributed by atoms with Crippen molar-refractivity contribution in [3.63, 3.8) is 0 Å². The van der Waals surface area contributed by atoms with Crippen molar-refractivity contribution in [1.82, 2.24) is 4.98 Å². The second kappa shape index (κ2) is 4.94. The summed E-state index contributed by atoms with van der Waals surface area (Å²) in [4.78, 5) is 7.84. The van der Waals surface area contributed by atoms with Gasteiger partial charge in [0, 0.05) is 19.3 Å². The predicted octanol–water partition coefficient (Wildman–Crippen LogP) is 2.65. The SMILES string of the molecule is OCc1cnc(N2CCC3CCCCC3C2)s1. The minimum atomic E-state index is 0.123. The number of aliphatic hydroxyl groups is 1. The summed E-state index contributed by atoms with van der Waals surface area (Å²) in [7, 11) is 0. The Bertz CT molecular complexity index is 379. The fourth-order valence-corrected chi connectivity index (χ4v) is 4.10. The standard InChI is InChI=1S/C13H20N2OS/c16-9-12-7-14-13(17-12)15-6-5-10-3-1-2-4-11(10)8-15/h7,10-11,16H,1-6,8-9H2. The molecule has 1 aliphatic carbocycles. The highest BCUT2D eigenvalue weighted by atomic mass is 32.1. The van der Waals surface area contributed by atoms with Crippen LogP contribution in [0.5, 0.6) is 0 Å². The highest BCUT2D eigenvalue weighted by molar-refractivity contribution is 7.15. The van der Waals surface area contributed by atoms with Crippen LogP contribution in [0.15, 0.2) is 6.20 Å². The first-order valence-electron chi connectivity index (χ1n) is 6.67. The number of aromatic nitrogens is 1. The number of aliphatic hydroxyl groups excluding tert-OH is 1. The average Bonchev–Trinajstić information content (AvgIpc) is 2.87. The van der Waals surface area contributed by atoms with Crippen LogP contribution in [0.3, 0.4) is 0 Å². The molecule has 1 saturated heterocycles. The maximum Gasteiger partial charge on any atom is 0.185 e. The van der Waals surface area contributed by atoms with E-state index < -0.39 is 0 Å². The van der Waals surface area contributed by atoms with Crippen molar-refractivity contribution in [3.8, 4) is 0 Å². The minimum Gasteiger partial charge on any atom is -0.391 e. The Kier molecular flexibility index (Phi) is 3.34. The zero-order valence-corrected chi connectivity index (χ0v) is 11.0. The molecule has 94 valence electrons. The summed E-state index contributed by atoms with van der Waals surface area (Å²) in [5, 5.41) is 10.2. The summed E-state index contributed by atoms with van der Waals surface area (Å²) in [5.74, 6) is 1.86. The average molecular weight is 252 g/mol. The molecular weight excluding hydrogens is 232 g/mol. The molecule has 0 aromatic carbocycles. The Morgan fingerprint density at radius 3 is 2.88 bits per heavy atom. The van der Waals surface area contributed by atoms with E-state index in [1.807, 2.05) is 6.20 Å². The summed E-state index contributed by atoms with van der Waals surface area (Å²) in [6.07, 6.45) is 8.84. The van der Waals surface area contributed by atoms with E-state index in [1.54, 1.807) is 11.3 Å². The third kappa shape index (κ3) is 2.33. The van der Waals surface area contributed by atoms with Crippen molar-refractivity contribution >= 4 is 16.5 Å². The van der Waals surface area contributed by atoms with Crippen LogP contribution >= 0.6 is 11.3 Å². The fourth-order valence-electron chi connectivity index (χ4n) is 3.29. The van der Waals surface area contributed by atoms with E-state index >= 15 is 0 Å². The molecule has 2 heterocycles. The van der Waals surface area contributed by atoms with E-state index in [9.17, 15) is 0 Å². The molecule has 1 aromatic heterocycles. The lowest BCUT2D eigenvalue weighted by atomic mass is 9.75. The number of thiazole rings is 1. The maximum absolute atomic E-state index is 9.09. The number of hydrogen-bond acceptors (Lipinski definition) is 4. The number of rotatable bonds is 2. The van der Waals surface area contributed by atoms with Gasteiger partial charge in [-0.3, -0.25) is 0 Å². The molecule has 1 aromatic rings. The van der Waals surface area contributed by atoms with E-state index in [1.165, 1.54) is 38.6 Å². The number of piperidine rings is 1. The van der Waals surface area contributed by atoms with Crippen molar-refractivity contribution in [1.29, 1.82) is 0 Å². The molecule has 2 fully saturated rings. The summed E-state index contributed by atoms with van der Waals surface area (Å²) in [6, 6.07) is 0. The molecule has 2 unspecified atom stereocenters. The van der Waals surface area contributed by atoms with E-state index in [0.717, 1.165) is 28.4 Å². The number of fused-ring (bicyclic) bond motifs is 1. The summed E-state index contributed by atoms with van der Waals surface area (Å²) >= 11 is 1.64. The van der Waals surface area contributed by atoms with Gasteiger partial charge in [-0.2, -0.15) is 0 Å². The molecule has 3 nitrogen and oxygen atoms in total. The van der Waals surface area contributed by atoms with Crippen LogP contribution < -0.4 is 4.90 Å². The first-order valence-corrected chi connectivity index (χ1v) is 7.49. The lowest BCUT2D eigenvalue weighted by molar-refractivity contribution is 0.202. The fraction of sp³-hybridized carbons (Fsp3) is 0.769. The van der Waals surface area contributed by atoms with Gasteiger partial charge in [0.05, 0.1) is 11.5 Å². The molecule has 4 heteroatoms. The second-order valence-electron chi connectivity index (χ2n) is 5.31. The molecule has 1 saturated carbocycles. The lowest BCUT2D eigenvalue weighted by Crippen LogP contribution is -2.41. The van der Waals surface area contributed by atoms with E-state index in [-0.39, 0.29) is 6.61 Å². The first-order chi connectivity index (χ1) is 8.36. The largest absolute Gasteiger partial charge is 0.391 e. The number of hydrogen-bond donors (Lipinski definition) is 1. The monoisotopic (exact) mass is 252 g/mol. The molecular formula is C13H20N2OS. The zero-order valence-electron chi connectivity index (χ0n) is 10.1. The van der Waals surface area contributed by atoms with Gasteiger partial charge >= 0.3 is 0 Å². The van der Waals surface area contributed by atoms with Crippen molar-refractivity contribution in [2.75, 3.05) is 18.0 Å². The van der Waals surface area contributed by atoms with Gasteiger partial charge in [0.1, 0.15) is 0 Å². The highest BCUT2D eigenvalue weighted by Crippen LogP contribution is 2.38. The summed E-state index contributed by atoms with van der Waals surface area (Å²) in [5.41, 5.74) is 0. The third-order valence-electron chi connectivity index (χ3n) is 4.26. The zero-order chi connectivity index (χ0) is 11.7. The van der Waals surface area contributed by atoms with Crippen LogP contribution in [0.1, 0.15) is 37.0 Å². The summed E-state index contributed by atoms with van der Waals surface area (Å²) < 4.78 is 0. The maximum atomic E-state index is 9.09. The quantitative estimate of drug-likeness (QED) is 0.879. The number of anilines is 1. The normalized spacial score (nSPS) is 29.1. The first kappa shape index (κ1) is 11.5. The van der Waals surface area contributed by atoms with E-state index in [0.29, 0.717) is 0 Å². The van der Waals surface area contributed by atoms with Gasteiger partial charge in [-0.05, 0) is 24.7 Å². The highest BCUT2D eigenvalue weighted by Gasteiger charge is 2.31. The molecule has 2 aliphatic rings. The smallest absolute Gasteiger partial charge is 0.185 e. The van der Waals surface area contributed by atoms with Crippen LogP contribution in [-0.4, -0.2) is 23.2 Å². The van der Waals surface area contributed by atoms with Crippen molar-refractivity contribution in [3.05, 3.63) is 11.1 Å². The molecule has 1 N–H and O–H groups in total. The van der Waals surface area contributed by atoms with Crippen LogP contribution in [0.25, 0.3) is 0 Å². The second-order valence-corrected chi connectivity index (χ2v) is 6.40. The molecule has 2 atom stereocenters. The van der Waals surface area contributed by atoms with Gasteiger partial charge in [-0.1, -0.05) is 30.6 Å². The summed E-state index contributed by atoms with van der Waals surface area (Å²) in [6.45, 7) is 2.46. The molecule has 0 spiro atoms. The lowest BCUT2D eigenvalue weighted by Gasteiger charge is -2.41. The van der Waals surface area contributed by atoms with Crippen LogP contribution in [0, 0.1) is 11.8 Å². The van der Waals surface area contributed by atoms with Crippen molar-refractivity contribution < 1.29 is 5.11 Å². The van der Waals surface area contributed by atoms with Crippen LogP contribution in [-0.2, 0) is 6.61 Å². The van der Waals surface area contributed by atoms with Gasteiger partial charge in [-0.15, -0.1) is 0 Å². The molecule has 0 bridgehead atoms. The molecule has 17 heavy (non-hydrogen) atoms. The Morgan fingerprint density at radius 1 is 1.29 bits per heavy atom. The van der Waals surface area contributed by atoms with Gasteiger partial charge in [0.2, 0.25) is 0 Å². The third-order valence-corrected chi connectivity index (χ3v) is 5.30. The van der Waals surface area contributed by atoms with Gasteiger partial charge < -0.3 is 10.0 Å². The molecule has 0 radical (unpaired) electrons. The minimum absolute atomic E-state index is 0.123. The van der Waals surface area contributed by atoms with Gasteiger partial charge in [0.25, 0.3) is 0 Å². The van der Waals surface area contributed by atoms with Crippen molar-refractivity contribution in [2.24, 2.45) is 11.8 Å². The van der Waals surface area contributed by atoms with E-state index in [2.05, 4.69) is 9.88 Å². The van der Waals surface area contributed by atoms with E-state index in [4.69, 9.17) is 5.11 Å². The molecule has 0 amide bonds. The Morgan fingerprint density at radius 2 is 2.12 bits per heavy atom. The Balaban J connectivity index is 1.68. The predicted molar refractivity (Wildman–Crippen MR) is 70.3 cm³/mol. The Hall–Kier alpha value is -0.610. The topological polar surface area (TPSA) is 36.4 Å². The van der Waals surface area contributed by atoms with Crippen LogP contribution in [0.2, 0.25) is 0 Å². The van der Waals surface area contributed by atoms with Crippen LogP contribution in [0.4, 0.5) is 5.13 Å². The van der Waals surface area contributed by atoms with Crippen molar-refractivity contribution in [2.45, 2.75) is 38.7 Å².